The normalized spacial score (nSPS) is 25.5. The zero-order chi connectivity index (χ0) is 13.3. The number of hydrogen-bond donors (Lipinski definition) is 0. The number of likely N-dealkylation sites (tertiary alicyclic amines) is 1. The molecule has 0 aromatic heterocycles. The molecule has 1 aromatic rings. The maximum atomic E-state index is 11.9. The Morgan fingerprint density at radius 1 is 1.26 bits per heavy atom. The van der Waals surface area contributed by atoms with Crippen LogP contribution in [0.15, 0.2) is 30.3 Å². The third kappa shape index (κ3) is 2.23. The van der Waals surface area contributed by atoms with E-state index in [-0.39, 0.29) is 18.1 Å². The first-order valence-corrected chi connectivity index (χ1v) is 6.69. The van der Waals surface area contributed by atoms with Crippen molar-refractivity contribution in [1.29, 1.82) is 0 Å². The topological polar surface area (TPSA) is 46.6 Å². The van der Waals surface area contributed by atoms with Crippen LogP contribution in [0.1, 0.15) is 24.8 Å². The molecule has 3 rings (SSSR count). The van der Waals surface area contributed by atoms with Crippen LogP contribution in [0.25, 0.3) is 0 Å². The molecular formula is C15H17NO3. The molecule has 19 heavy (non-hydrogen) atoms. The molecule has 100 valence electrons. The molecular weight excluding hydrogens is 242 g/mol. The molecule has 1 saturated heterocycles. The largest absolute Gasteiger partial charge is 0.445 e. The quantitative estimate of drug-likeness (QED) is 0.819. The van der Waals surface area contributed by atoms with Crippen LogP contribution in [0.4, 0.5) is 4.79 Å². The first kappa shape index (κ1) is 12.2. The van der Waals surface area contributed by atoms with Crippen LogP contribution in [-0.2, 0) is 16.1 Å². The van der Waals surface area contributed by atoms with Crippen LogP contribution in [-0.4, -0.2) is 29.9 Å². The zero-order valence-corrected chi connectivity index (χ0v) is 10.8. The summed E-state index contributed by atoms with van der Waals surface area (Å²) < 4.78 is 5.28. The van der Waals surface area contributed by atoms with Crippen LogP contribution in [0, 0.1) is 5.41 Å². The van der Waals surface area contributed by atoms with Gasteiger partial charge in [-0.05, 0) is 18.4 Å². The van der Waals surface area contributed by atoms with Crippen LogP contribution >= 0.6 is 0 Å². The summed E-state index contributed by atoms with van der Waals surface area (Å²) in [7, 11) is 0. The standard InChI is InChI=1S/C15H17NO3/c17-13-6-7-15(13)8-9-16(11-15)14(18)19-10-12-4-2-1-3-5-12/h1-5H,6-11H2. The molecule has 1 atom stereocenters. The van der Waals surface area contributed by atoms with Gasteiger partial charge in [-0.2, -0.15) is 0 Å². The summed E-state index contributed by atoms with van der Waals surface area (Å²) in [5.41, 5.74) is 0.746. The predicted molar refractivity (Wildman–Crippen MR) is 69.5 cm³/mol. The SMILES string of the molecule is O=C(OCc1ccccc1)N1CCC2(CCC2=O)C1. The maximum absolute atomic E-state index is 11.9. The maximum Gasteiger partial charge on any atom is 0.410 e. The third-order valence-electron chi connectivity index (χ3n) is 4.24. The summed E-state index contributed by atoms with van der Waals surface area (Å²) in [5.74, 6) is 0.311. The van der Waals surface area contributed by atoms with Crippen molar-refractivity contribution < 1.29 is 14.3 Å². The van der Waals surface area contributed by atoms with Gasteiger partial charge in [0, 0.05) is 24.9 Å². The molecule has 2 fully saturated rings. The van der Waals surface area contributed by atoms with E-state index in [2.05, 4.69) is 0 Å². The van der Waals surface area contributed by atoms with Gasteiger partial charge in [-0.1, -0.05) is 30.3 Å². The second kappa shape index (κ2) is 4.68. The number of rotatable bonds is 2. The van der Waals surface area contributed by atoms with Crippen LogP contribution in [0.3, 0.4) is 0 Å². The lowest BCUT2D eigenvalue weighted by atomic mass is 9.67. The summed E-state index contributed by atoms with van der Waals surface area (Å²) in [6.07, 6.45) is 2.09. The number of carbonyl (C=O) groups is 2. The van der Waals surface area contributed by atoms with Gasteiger partial charge >= 0.3 is 6.09 Å². The third-order valence-corrected chi connectivity index (χ3v) is 4.24. The Kier molecular flexibility index (Phi) is 3.01. The van der Waals surface area contributed by atoms with E-state index in [4.69, 9.17) is 4.74 Å². The molecule has 4 heteroatoms. The van der Waals surface area contributed by atoms with Crippen molar-refractivity contribution in [3.05, 3.63) is 35.9 Å². The summed E-state index contributed by atoms with van der Waals surface area (Å²) in [5, 5.41) is 0. The molecule has 1 aliphatic heterocycles. The molecule has 1 aromatic carbocycles. The molecule has 0 N–H and O–H groups in total. The minimum atomic E-state index is -0.305. The van der Waals surface area contributed by atoms with Crippen molar-refractivity contribution in [1.82, 2.24) is 4.90 Å². The highest BCUT2D eigenvalue weighted by atomic mass is 16.6. The van der Waals surface area contributed by atoms with Gasteiger partial charge in [-0.25, -0.2) is 4.79 Å². The van der Waals surface area contributed by atoms with Gasteiger partial charge in [0.2, 0.25) is 0 Å². The molecule has 0 radical (unpaired) electrons. The second-order valence-corrected chi connectivity index (χ2v) is 5.42. The number of Topliss-reactive ketones (excluding diaryl/α,β-unsaturated/α-hetero) is 1. The van der Waals surface area contributed by atoms with Gasteiger partial charge in [-0.15, -0.1) is 0 Å². The number of ether oxygens (including phenoxy) is 1. The van der Waals surface area contributed by atoms with E-state index in [9.17, 15) is 9.59 Å². The number of amides is 1. The van der Waals surface area contributed by atoms with Crippen LogP contribution < -0.4 is 0 Å². The molecule has 1 spiro atoms. The van der Waals surface area contributed by atoms with Crippen LogP contribution in [0.2, 0.25) is 0 Å². The van der Waals surface area contributed by atoms with E-state index in [0.717, 1.165) is 18.4 Å². The van der Waals surface area contributed by atoms with Crippen molar-refractivity contribution in [2.75, 3.05) is 13.1 Å². The highest BCUT2D eigenvalue weighted by Crippen LogP contribution is 2.45. The first-order valence-electron chi connectivity index (χ1n) is 6.69. The number of carbonyl (C=O) groups excluding carboxylic acids is 2. The van der Waals surface area contributed by atoms with Gasteiger partial charge in [0.15, 0.2) is 0 Å². The average molecular weight is 259 g/mol. The average Bonchev–Trinajstić information content (AvgIpc) is 2.92. The first-order chi connectivity index (χ1) is 9.20. The van der Waals surface area contributed by atoms with E-state index in [0.29, 0.717) is 25.3 Å². The Bertz CT molecular complexity index is 499. The molecule has 1 heterocycles. The Morgan fingerprint density at radius 2 is 2.05 bits per heavy atom. The molecule has 0 bridgehead atoms. The van der Waals surface area contributed by atoms with Gasteiger partial charge in [-0.3, -0.25) is 4.79 Å². The fourth-order valence-corrected chi connectivity index (χ4v) is 2.85. The molecule has 1 unspecified atom stereocenters. The van der Waals surface area contributed by atoms with E-state index in [1.807, 2.05) is 30.3 Å². The number of hydrogen-bond acceptors (Lipinski definition) is 3. The summed E-state index contributed by atoms with van der Waals surface area (Å²) in [6.45, 7) is 1.47. The number of nitrogens with zero attached hydrogens (tertiary/aromatic N) is 1. The van der Waals surface area contributed by atoms with Crippen molar-refractivity contribution >= 4 is 11.9 Å². The van der Waals surface area contributed by atoms with Crippen LogP contribution in [0.5, 0.6) is 0 Å². The van der Waals surface area contributed by atoms with Crippen molar-refractivity contribution in [2.45, 2.75) is 25.9 Å². The van der Waals surface area contributed by atoms with Gasteiger partial charge in [0.05, 0.1) is 0 Å². The smallest absolute Gasteiger partial charge is 0.410 e. The summed E-state index contributed by atoms with van der Waals surface area (Å²) >= 11 is 0. The van der Waals surface area contributed by atoms with E-state index < -0.39 is 0 Å². The van der Waals surface area contributed by atoms with Crippen molar-refractivity contribution in [3.63, 3.8) is 0 Å². The highest BCUT2D eigenvalue weighted by molar-refractivity contribution is 5.91. The molecule has 1 saturated carbocycles. The summed E-state index contributed by atoms with van der Waals surface area (Å²) in [4.78, 5) is 25.2. The highest BCUT2D eigenvalue weighted by Gasteiger charge is 2.51. The van der Waals surface area contributed by atoms with E-state index in [1.54, 1.807) is 4.90 Å². The van der Waals surface area contributed by atoms with Gasteiger partial charge < -0.3 is 9.64 Å². The molecule has 1 amide bonds. The fourth-order valence-electron chi connectivity index (χ4n) is 2.85. The molecule has 2 aliphatic rings. The zero-order valence-electron chi connectivity index (χ0n) is 10.8. The lowest BCUT2D eigenvalue weighted by molar-refractivity contribution is -0.136. The summed E-state index contributed by atoms with van der Waals surface area (Å²) in [6, 6.07) is 9.61. The van der Waals surface area contributed by atoms with E-state index in [1.165, 1.54) is 0 Å². The molecule has 1 aliphatic carbocycles. The minimum absolute atomic E-state index is 0.230. The Hall–Kier alpha value is -1.84. The second-order valence-electron chi connectivity index (χ2n) is 5.42. The van der Waals surface area contributed by atoms with Crippen molar-refractivity contribution in [2.24, 2.45) is 5.41 Å². The Balaban J connectivity index is 1.53. The van der Waals surface area contributed by atoms with Crippen molar-refractivity contribution in [3.8, 4) is 0 Å². The fraction of sp³-hybridized carbons (Fsp3) is 0.467. The predicted octanol–water partition coefficient (Wildman–Crippen LogP) is 2.38. The number of ketones is 1. The molecule has 4 nitrogen and oxygen atoms in total. The Morgan fingerprint density at radius 3 is 2.63 bits per heavy atom. The van der Waals surface area contributed by atoms with Gasteiger partial charge in [0.1, 0.15) is 12.4 Å². The van der Waals surface area contributed by atoms with Gasteiger partial charge in [0.25, 0.3) is 0 Å². The number of benzene rings is 1. The lowest BCUT2D eigenvalue weighted by Crippen LogP contribution is -2.44. The van der Waals surface area contributed by atoms with E-state index >= 15 is 0 Å². The minimum Gasteiger partial charge on any atom is -0.445 e. The monoisotopic (exact) mass is 259 g/mol. The Labute approximate surface area is 112 Å². The lowest BCUT2D eigenvalue weighted by Gasteiger charge is -2.35.